The van der Waals surface area contributed by atoms with Gasteiger partial charge in [-0.1, -0.05) is 37.5 Å². The molecule has 1 N–H and O–H groups in total. The molecule has 1 aliphatic carbocycles. The van der Waals surface area contributed by atoms with Crippen LogP contribution in [0.15, 0.2) is 66.9 Å². The van der Waals surface area contributed by atoms with Crippen molar-refractivity contribution in [2.24, 2.45) is 5.92 Å². The summed E-state index contributed by atoms with van der Waals surface area (Å²) < 4.78 is 5.85. The molecule has 1 saturated carbocycles. The van der Waals surface area contributed by atoms with Gasteiger partial charge in [-0.3, -0.25) is 9.78 Å². The summed E-state index contributed by atoms with van der Waals surface area (Å²) >= 11 is 0. The molecule has 0 radical (unpaired) electrons. The fourth-order valence-corrected chi connectivity index (χ4v) is 3.54. The summed E-state index contributed by atoms with van der Waals surface area (Å²) in [5.41, 5.74) is 4.68. The van der Waals surface area contributed by atoms with Crippen LogP contribution in [0.25, 0.3) is 0 Å². The van der Waals surface area contributed by atoms with Gasteiger partial charge in [-0.15, -0.1) is 0 Å². The summed E-state index contributed by atoms with van der Waals surface area (Å²) in [5.74, 6) is 1.92. The van der Waals surface area contributed by atoms with Gasteiger partial charge in [0.25, 0.3) is 0 Å². The zero-order valence-corrected chi connectivity index (χ0v) is 17.4. The van der Waals surface area contributed by atoms with Crippen molar-refractivity contribution in [2.75, 3.05) is 5.32 Å². The molecule has 4 rings (SSSR count). The maximum atomic E-state index is 12.5. The molecule has 2 aromatic carbocycles. The first kappa shape index (κ1) is 20.1. The largest absolute Gasteiger partial charge is 0.487 e. The van der Waals surface area contributed by atoms with Crippen LogP contribution in [0.2, 0.25) is 0 Å². The van der Waals surface area contributed by atoms with E-state index in [1.165, 1.54) is 19.3 Å². The third kappa shape index (κ3) is 5.69. The Balaban J connectivity index is 1.35. The Hall–Kier alpha value is -3.14. The Labute approximate surface area is 178 Å². The van der Waals surface area contributed by atoms with Crippen molar-refractivity contribution in [3.8, 4) is 5.75 Å². The van der Waals surface area contributed by atoms with Gasteiger partial charge in [-0.2, -0.15) is 0 Å². The van der Waals surface area contributed by atoms with E-state index in [2.05, 4.69) is 10.3 Å². The molecule has 0 atom stereocenters. The number of aryl methyl sites for hydroxylation is 1. The van der Waals surface area contributed by atoms with E-state index in [-0.39, 0.29) is 5.78 Å². The van der Waals surface area contributed by atoms with E-state index in [9.17, 15) is 4.79 Å². The van der Waals surface area contributed by atoms with E-state index in [4.69, 9.17) is 4.74 Å². The minimum Gasteiger partial charge on any atom is -0.487 e. The number of hydrogen-bond donors (Lipinski definition) is 1. The average Bonchev–Trinajstić information content (AvgIpc) is 3.59. The van der Waals surface area contributed by atoms with Gasteiger partial charge in [-0.05, 0) is 67.3 Å². The number of ketones is 1. The standard InChI is InChI=1S/C26H28N2O2/c1-19-16-24(30-18-23-8-2-3-15-27-23)13-14-25(19)28-22-9-5-7-21(17-22)26(29)10-4-6-20-11-12-20/h2-3,5,7-9,13-17,20,28H,4,6,10-12,18H2,1H3. The molecule has 3 aromatic rings. The van der Waals surface area contributed by atoms with Gasteiger partial charge in [0.15, 0.2) is 5.78 Å². The topological polar surface area (TPSA) is 51.2 Å². The number of rotatable bonds is 10. The molecular weight excluding hydrogens is 372 g/mol. The van der Waals surface area contributed by atoms with Crippen LogP contribution in [0.5, 0.6) is 5.75 Å². The molecule has 0 bridgehead atoms. The van der Waals surface area contributed by atoms with E-state index < -0.39 is 0 Å². The SMILES string of the molecule is Cc1cc(OCc2ccccn2)ccc1Nc1cccc(C(=O)CCCC2CC2)c1. The van der Waals surface area contributed by atoms with Crippen molar-refractivity contribution in [3.63, 3.8) is 0 Å². The fraction of sp³-hybridized carbons (Fsp3) is 0.308. The number of nitrogens with zero attached hydrogens (tertiary/aromatic N) is 1. The molecular formula is C26H28N2O2. The molecule has 0 amide bonds. The lowest BCUT2D eigenvalue weighted by Crippen LogP contribution is -2.01. The fourth-order valence-electron chi connectivity index (χ4n) is 3.54. The Morgan fingerprint density at radius 1 is 1.10 bits per heavy atom. The van der Waals surface area contributed by atoms with Crippen LogP contribution in [0, 0.1) is 12.8 Å². The number of carbonyl (C=O) groups is 1. The van der Waals surface area contributed by atoms with E-state index in [0.29, 0.717) is 13.0 Å². The molecule has 1 aliphatic rings. The third-order valence-electron chi connectivity index (χ3n) is 5.49. The highest BCUT2D eigenvalue weighted by molar-refractivity contribution is 5.97. The normalized spacial score (nSPS) is 13.1. The first-order valence-electron chi connectivity index (χ1n) is 10.7. The number of nitrogens with one attached hydrogen (secondary N) is 1. The summed E-state index contributed by atoms with van der Waals surface area (Å²) in [6, 6.07) is 19.6. The van der Waals surface area contributed by atoms with Crippen LogP contribution in [0.4, 0.5) is 11.4 Å². The van der Waals surface area contributed by atoms with Crippen molar-refractivity contribution in [2.45, 2.75) is 45.6 Å². The van der Waals surface area contributed by atoms with Gasteiger partial charge in [0, 0.05) is 29.6 Å². The number of benzene rings is 2. The lowest BCUT2D eigenvalue weighted by molar-refractivity contribution is 0.0979. The number of Topliss-reactive ketones (excluding diaryl/α,β-unsaturated/α-hetero) is 1. The van der Waals surface area contributed by atoms with Crippen LogP contribution in [-0.2, 0) is 6.61 Å². The number of ether oxygens (including phenoxy) is 1. The molecule has 1 aromatic heterocycles. The second-order valence-electron chi connectivity index (χ2n) is 8.05. The number of hydrogen-bond acceptors (Lipinski definition) is 4. The highest BCUT2D eigenvalue weighted by Crippen LogP contribution is 2.34. The Kier molecular flexibility index (Phi) is 6.43. The van der Waals surface area contributed by atoms with Gasteiger partial charge >= 0.3 is 0 Å². The van der Waals surface area contributed by atoms with E-state index in [1.807, 2.05) is 67.6 Å². The smallest absolute Gasteiger partial charge is 0.162 e. The number of carbonyl (C=O) groups excluding carboxylic acids is 1. The monoisotopic (exact) mass is 400 g/mol. The molecule has 4 heteroatoms. The minimum atomic E-state index is 0.231. The highest BCUT2D eigenvalue weighted by atomic mass is 16.5. The minimum absolute atomic E-state index is 0.231. The summed E-state index contributed by atoms with van der Waals surface area (Å²) in [6.07, 6.45) is 7.29. The van der Waals surface area contributed by atoms with Crippen LogP contribution in [0.1, 0.15) is 53.7 Å². The molecule has 1 fully saturated rings. The average molecular weight is 401 g/mol. The van der Waals surface area contributed by atoms with Gasteiger partial charge in [0.05, 0.1) is 5.69 Å². The van der Waals surface area contributed by atoms with Crippen molar-refractivity contribution < 1.29 is 9.53 Å². The second kappa shape index (κ2) is 9.57. The van der Waals surface area contributed by atoms with Gasteiger partial charge in [-0.25, -0.2) is 0 Å². The molecule has 4 nitrogen and oxygen atoms in total. The highest BCUT2D eigenvalue weighted by Gasteiger charge is 2.20. The summed E-state index contributed by atoms with van der Waals surface area (Å²) in [5, 5.41) is 3.43. The lowest BCUT2D eigenvalue weighted by Gasteiger charge is -2.13. The van der Waals surface area contributed by atoms with Crippen LogP contribution in [0.3, 0.4) is 0 Å². The Bertz CT molecular complexity index is 997. The van der Waals surface area contributed by atoms with E-state index >= 15 is 0 Å². The number of pyridine rings is 1. The second-order valence-corrected chi connectivity index (χ2v) is 8.05. The first-order valence-corrected chi connectivity index (χ1v) is 10.7. The summed E-state index contributed by atoms with van der Waals surface area (Å²) in [4.78, 5) is 16.8. The van der Waals surface area contributed by atoms with Crippen molar-refractivity contribution in [1.29, 1.82) is 0 Å². The molecule has 1 heterocycles. The maximum absolute atomic E-state index is 12.5. The molecule has 0 unspecified atom stereocenters. The van der Waals surface area contributed by atoms with Crippen molar-refractivity contribution in [3.05, 3.63) is 83.7 Å². The molecule has 30 heavy (non-hydrogen) atoms. The first-order chi connectivity index (χ1) is 14.7. The van der Waals surface area contributed by atoms with Crippen molar-refractivity contribution >= 4 is 17.2 Å². The van der Waals surface area contributed by atoms with E-state index in [1.54, 1.807) is 6.20 Å². The summed E-state index contributed by atoms with van der Waals surface area (Å²) in [7, 11) is 0. The van der Waals surface area contributed by atoms with Crippen molar-refractivity contribution in [1.82, 2.24) is 4.98 Å². The predicted molar refractivity (Wildman–Crippen MR) is 120 cm³/mol. The number of aromatic nitrogens is 1. The molecule has 0 spiro atoms. The van der Waals surface area contributed by atoms with Crippen LogP contribution < -0.4 is 10.1 Å². The third-order valence-corrected chi connectivity index (χ3v) is 5.49. The lowest BCUT2D eigenvalue weighted by atomic mass is 10.0. The number of anilines is 2. The van der Waals surface area contributed by atoms with Gasteiger partial charge in [0.2, 0.25) is 0 Å². The van der Waals surface area contributed by atoms with Crippen LogP contribution >= 0.6 is 0 Å². The Morgan fingerprint density at radius 2 is 2.00 bits per heavy atom. The summed E-state index contributed by atoms with van der Waals surface area (Å²) in [6.45, 7) is 2.49. The Morgan fingerprint density at radius 3 is 2.77 bits per heavy atom. The molecule has 0 saturated heterocycles. The predicted octanol–water partition coefficient (Wildman–Crippen LogP) is 6.48. The zero-order valence-electron chi connectivity index (χ0n) is 17.4. The maximum Gasteiger partial charge on any atom is 0.162 e. The molecule has 154 valence electrons. The van der Waals surface area contributed by atoms with E-state index in [0.717, 1.165) is 46.3 Å². The quantitative estimate of drug-likeness (QED) is 0.396. The van der Waals surface area contributed by atoms with Gasteiger partial charge < -0.3 is 10.1 Å². The molecule has 0 aliphatic heterocycles. The van der Waals surface area contributed by atoms with Crippen LogP contribution in [-0.4, -0.2) is 10.8 Å². The zero-order chi connectivity index (χ0) is 20.8. The van der Waals surface area contributed by atoms with Gasteiger partial charge in [0.1, 0.15) is 12.4 Å².